The van der Waals surface area contributed by atoms with Crippen LogP contribution < -0.4 is 0 Å². The van der Waals surface area contributed by atoms with Crippen LogP contribution in [0.4, 0.5) is 13.2 Å². The summed E-state index contributed by atoms with van der Waals surface area (Å²) in [6, 6.07) is 6.70. The van der Waals surface area contributed by atoms with Gasteiger partial charge >= 0.3 is 6.18 Å². The smallest absolute Gasteiger partial charge is 0.355 e. The van der Waals surface area contributed by atoms with Gasteiger partial charge in [0.05, 0.1) is 11.5 Å². The van der Waals surface area contributed by atoms with Crippen molar-refractivity contribution in [2.45, 2.75) is 30.3 Å². The molecule has 9 heteroatoms. The molecule has 0 radical (unpaired) electrons. The number of hydrogen-bond acceptors (Lipinski definition) is 4. The Morgan fingerprint density at radius 1 is 1.21 bits per heavy atom. The zero-order valence-electron chi connectivity index (χ0n) is 12.5. The molecule has 3 rings (SSSR count). The minimum absolute atomic E-state index is 0.186. The highest BCUT2D eigenvalue weighted by atomic mass is 32.2. The Kier molecular flexibility index (Phi) is 4.45. The molecule has 0 N–H and O–H groups in total. The zero-order chi connectivity index (χ0) is 17.5. The molecule has 0 amide bonds. The van der Waals surface area contributed by atoms with Crippen LogP contribution in [0.5, 0.6) is 0 Å². The molecule has 2 atom stereocenters. The number of sulfonamides is 1. The van der Waals surface area contributed by atoms with Gasteiger partial charge in [-0.25, -0.2) is 8.42 Å². The molecule has 0 bridgehead atoms. The highest BCUT2D eigenvalue weighted by Gasteiger charge is 2.56. The van der Waals surface area contributed by atoms with Gasteiger partial charge in [0.2, 0.25) is 10.0 Å². The molecule has 1 aromatic carbocycles. The molecular formula is C15H14F3NO3S2. The molecule has 1 saturated heterocycles. The number of halogens is 3. The third-order valence-corrected chi connectivity index (χ3v) is 6.48. The van der Waals surface area contributed by atoms with Gasteiger partial charge in [-0.15, -0.1) is 11.3 Å². The molecule has 2 aromatic rings. The van der Waals surface area contributed by atoms with E-state index < -0.39 is 35.1 Å². The fraction of sp³-hybridized carbons (Fsp3) is 0.333. The second-order valence-corrected chi connectivity index (χ2v) is 8.23. The Labute approximate surface area is 141 Å². The van der Waals surface area contributed by atoms with Crippen molar-refractivity contribution in [1.29, 1.82) is 0 Å². The number of rotatable bonds is 3. The molecule has 1 aliphatic rings. The van der Waals surface area contributed by atoms with Crippen molar-refractivity contribution in [2.75, 3.05) is 6.61 Å². The van der Waals surface area contributed by atoms with Gasteiger partial charge in [-0.05, 0) is 30.5 Å². The van der Waals surface area contributed by atoms with Crippen molar-refractivity contribution < 1.29 is 26.3 Å². The lowest BCUT2D eigenvalue weighted by molar-refractivity contribution is -0.164. The third-order valence-electron chi connectivity index (χ3n) is 3.71. The van der Waals surface area contributed by atoms with E-state index in [0.717, 1.165) is 16.9 Å². The number of benzene rings is 1. The molecule has 24 heavy (non-hydrogen) atoms. The van der Waals surface area contributed by atoms with Gasteiger partial charge in [-0.3, -0.25) is 0 Å². The first-order chi connectivity index (χ1) is 11.2. The molecule has 0 saturated carbocycles. The van der Waals surface area contributed by atoms with E-state index in [0.29, 0.717) is 9.18 Å². The van der Waals surface area contributed by atoms with E-state index >= 15 is 0 Å². The highest BCUT2D eigenvalue weighted by Crippen LogP contribution is 2.43. The summed E-state index contributed by atoms with van der Waals surface area (Å²) in [5, 5.41) is 1.66. The van der Waals surface area contributed by atoms with Crippen LogP contribution in [-0.4, -0.2) is 31.5 Å². The largest absolute Gasteiger partial charge is 0.407 e. The number of nitrogens with zero attached hydrogens (tertiary/aromatic N) is 1. The number of alkyl halides is 3. The van der Waals surface area contributed by atoms with Crippen molar-refractivity contribution in [1.82, 2.24) is 4.31 Å². The Morgan fingerprint density at radius 2 is 1.88 bits per heavy atom. The number of ether oxygens (including phenoxy) is 1. The Hall–Kier alpha value is -1.42. The van der Waals surface area contributed by atoms with Crippen LogP contribution in [-0.2, 0) is 14.8 Å². The van der Waals surface area contributed by atoms with Crippen molar-refractivity contribution in [3.8, 4) is 0 Å². The molecule has 0 unspecified atom stereocenters. The van der Waals surface area contributed by atoms with E-state index in [4.69, 9.17) is 4.74 Å². The fourth-order valence-corrected chi connectivity index (χ4v) is 5.00. The molecule has 1 aromatic heterocycles. The molecule has 130 valence electrons. The maximum absolute atomic E-state index is 13.4. The van der Waals surface area contributed by atoms with Gasteiger partial charge in [-0.1, -0.05) is 23.8 Å². The number of thiophene rings is 1. The van der Waals surface area contributed by atoms with E-state index in [1.54, 1.807) is 36.6 Å². The summed E-state index contributed by atoms with van der Waals surface area (Å²) < 4.78 is 71.4. The zero-order valence-corrected chi connectivity index (χ0v) is 14.2. The Bertz CT molecular complexity index is 801. The van der Waals surface area contributed by atoms with Crippen LogP contribution in [0.3, 0.4) is 0 Å². The lowest BCUT2D eigenvalue weighted by Gasteiger charge is -2.28. The second-order valence-electron chi connectivity index (χ2n) is 5.41. The van der Waals surface area contributed by atoms with Crippen molar-refractivity contribution in [2.24, 2.45) is 0 Å². The third kappa shape index (κ3) is 3.08. The summed E-state index contributed by atoms with van der Waals surface area (Å²) in [4.78, 5) is 0.229. The number of aryl methyl sites for hydroxylation is 1. The van der Waals surface area contributed by atoms with E-state index in [9.17, 15) is 21.6 Å². The summed E-state index contributed by atoms with van der Waals surface area (Å²) in [5.74, 6) is 0. The van der Waals surface area contributed by atoms with Crippen molar-refractivity contribution in [3.63, 3.8) is 0 Å². The van der Waals surface area contributed by atoms with Gasteiger partial charge in [-0.2, -0.15) is 17.5 Å². The van der Waals surface area contributed by atoms with Crippen molar-refractivity contribution in [3.05, 3.63) is 52.2 Å². The summed E-state index contributed by atoms with van der Waals surface area (Å²) in [6.07, 6.45) is -5.99. The topological polar surface area (TPSA) is 46.6 Å². The highest BCUT2D eigenvalue weighted by molar-refractivity contribution is 7.89. The second kappa shape index (κ2) is 6.14. The van der Waals surface area contributed by atoms with Crippen LogP contribution in [0.1, 0.15) is 16.7 Å². The minimum atomic E-state index is -4.72. The molecular weight excluding hydrogens is 363 g/mol. The first-order valence-electron chi connectivity index (χ1n) is 7.03. The van der Waals surface area contributed by atoms with Gasteiger partial charge in [0.25, 0.3) is 0 Å². The van der Waals surface area contributed by atoms with Crippen LogP contribution >= 0.6 is 11.3 Å². The van der Waals surface area contributed by atoms with Gasteiger partial charge in [0.15, 0.2) is 6.23 Å². The number of hydrogen-bond donors (Lipinski definition) is 0. The lowest BCUT2D eigenvalue weighted by atomic mass is 10.2. The molecule has 0 aliphatic carbocycles. The normalized spacial score (nSPS) is 22.8. The SMILES string of the molecule is Cc1ccc(S(=O)(=O)N2[C@@H](c3cccs3)OC[C@H]2C(F)(F)F)cc1. The summed E-state index contributed by atoms with van der Waals surface area (Å²) in [7, 11) is -4.37. The molecule has 1 aliphatic heterocycles. The van der Waals surface area contributed by atoms with Gasteiger partial charge in [0.1, 0.15) is 6.04 Å². The fourth-order valence-electron chi connectivity index (χ4n) is 2.50. The first kappa shape index (κ1) is 17.4. The maximum atomic E-state index is 13.4. The maximum Gasteiger partial charge on any atom is 0.407 e. The summed E-state index contributed by atoms with van der Waals surface area (Å²) >= 11 is 1.15. The summed E-state index contributed by atoms with van der Waals surface area (Å²) in [5.41, 5.74) is 0.814. The first-order valence-corrected chi connectivity index (χ1v) is 9.35. The predicted octanol–water partition coefficient (Wildman–Crippen LogP) is 3.71. The molecule has 4 nitrogen and oxygen atoms in total. The molecule has 0 spiro atoms. The van der Waals surface area contributed by atoms with Crippen LogP contribution in [0.25, 0.3) is 0 Å². The Morgan fingerprint density at radius 3 is 2.42 bits per heavy atom. The van der Waals surface area contributed by atoms with Gasteiger partial charge in [0, 0.05) is 4.88 Å². The van der Waals surface area contributed by atoms with Crippen LogP contribution in [0.2, 0.25) is 0 Å². The molecule has 1 fully saturated rings. The van der Waals surface area contributed by atoms with Crippen LogP contribution in [0, 0.1) is 6.92 Å². The average Bonchev–Trinajstić information content (AvgIpc) is 3.16. The van der Waals surface area contributed by atoms with E-state index in [2.05, 4.69) is 0 Å². The van der Waals surface area contributed by atoms with Crippen LogP contribution in [0.15, 0.2) is 46.7 Å². The monoisotopic (exact) mass is 377 g/mol. The average molecular weight is 377 g/mol. The standard InChI is InChI=1S/C15H14F3NO3S2/c1-10-4-6-11(7-5-10)24(20,21)19-13(15(16,17)18)9-22-14(19)12-3-2-8-23-12/h2-8,13-14H,9H2,1H3/t13-,14+/m0/s1. The predicted molar refractivity (Wildman–Crippen MR) is 83.1 cm³/mol. The minimum Gasteiger partial charge on any atom is -0.355 e. The van der Waals surface area contributed by atoms with E-state index in [1.165, 1.54) is 12.1 Å². The summed E-state index contributed by atoms with van der Waals surface area (Å²) in [6.45, 7) is 1.04. The molecule has 2 heterocycles. The van der Waals surface area contributed by atoms with Gasteiger partial charge < -0.3 is 4.74 Å². The van der Waals surface area contributed by atoms with Crippen molar-refractivity contribution >= 4 is 21.4 Å². The van der Waals surface area contributed by atoms with E-state index in [1.807, 2.05) is 0 Å². The Balaban J connectivity index is 2.08. The lowest BCUT2D eigenvalue weighted by Crippen LogP contribution is -2.46. The quantitative estimate of drug-likeness (QED) is 0.819. The van der Waals surface area contributed by atoms with E-state index in [-0.39, 0.29) is 4.90 Å².